The lowest BCUT2D eigenvalue weighted by Gasteiger charge is -2.31. The number of amides is 2. The van der Waals surface area contributed by atoms with Crippen LogP contribution >= 0.6 is 0 Å². The Morgan fingerprint density at radius 1 is 0.600 bits per heavy atom. The van der Waals surface area contributed by atoms with Gasteiger partial charge >= 0.3 is 12.2 Å². The summed E-state index contributed by atoms with van der Waals surface area (Å²) < 4.78 is 62.1. The van der Waals surface area contributed by atoms with Gasteiger partial charge in [0.15, 0.2) is 11.6 Å². The number of para-hydroxylation sites is 2. The Morgan fingerprint density at radius 2 is 1.14 bits per heavy atom. The van der Waals surface area contributed by atoms with E-state index in [1.807, 2.05) is 72.8 Å². The molecule has 0 radical (unpaired) electrons. The summed E-state index contributed by atoms with van der Waals surface area (Å²) in [6, 6.07) is 26.1. The van der Waals surface area contributed by atoms with Crippen molar-refractivity contribution in [1.82, 2.24) is 49.7 Å². The van der Waals surface area contributed by atoms with Gasteiger partial charge in [0.05, 0.1) is 35.3 Å². The van der Waals surface area contributed by atoms with Crippen molar-refractivity contribution < 1.29 is 46.0 Å². The molecule has 0 saturated carbocycles. The first-order valence-electron chi connectivity index (χ1n) is 24.2. The summed E-state index contributed by atoms with van der Waals surface area (Å²) in [4.78, 5) is 44.3. The molecule has 4 fully saturated rings. The minimum Gasteiger partial charge on any atom is -0.445 e. The predicted octanol–water partition coefficient (Wildman–Crippen LogP) is 7.38. The highest BCUT2D eigenvalue weighted by Gasteiger charge is 2.39. The van der Waals surface area contributed by atoms with Gasteiger partial charge in [-0.1, -0.05) is 96.0 Å². The van der Waals surface area contributed by atoms with Crippen LogP contribution < -0.4 is 5.32 Å². The molecule has 4 aliphatic rings. The topological polar surface area (TPSA) is 233 Å². The molecule has 2 amide bonds. The molecule has 10 rings (SSSR count). The maximum absolute atomic E-state index is 13.6. The first kappa shape index (κ1) is 48.8. The summed E-state index contributed by atoms with van der Waals surface area (Å²) in [6.45, 7) is 4.61. The van der Waals surface area contributed by atoms with E-state index in [0.29, 0.717) is 87.9 Å². The van der Waals surface area contributed by atoms with Crippen molar-refractivity contribution in [3.05, 3.63) is 119 Å². The Bertz CT molecular complexity index is 2660. The number of nitrogens with zero attached hydrogens (tertiary/aromatic N) is 8. The predicted molar refractivity (Wildman–Crippen MR) is 252 cm³/mol. The maximum atomic E-state index is 13.6. The van der Waals surface area contributed by atoms with E-state index >= 15 is 0 Å². The number of piperidine rings is 4. The summed E-state index contributed by atoms with van der Waals surface area (Å²) >= 11 is 0. The highest BCUT2D eigenvalue weighted by atomic mass is 32.2. The number of aromatic amines is 1. The van der Waals surface area contributed by atoms with Gasteiger partial charge in [-0.15, -0.1) is 0 Å². The first-order valence-corrected chi connectivity index (χ1v) is 25.7. The summed E-state index contributed by atoms with van der Waals surface area (Å²) in [5.41, 5.74) is 3.19. The molecule has 21 heteroatoms. The zero-order valence-corrected chi connectivity index (χ0v) is 39.9. The number of ether oxygens (including phenoxy) is 4. The van der Waals surface area contributed by atoms with Gasteiger partial charge in [0.2, 0.25) is 5.16 Å². The third-order valence-corrected chi connectivity index (χ3v) is 14.7. The molecule has 4 aliphatic heterocycles. The minimum atomic E-state index is -3.90. The largest absolute Gasteiger partial charge is 0.445 e. The number of hydrogen-bond acceptors (Lipinski definition) is 16. The molecule has 372 valence electrons. The molecule has 3 aromatic heterocycles. The second-order valence-corrected chi connectivity index (χ2v) is 19.7. The molecule has 0 unspecified atom stereocenters. The molecule has 3 aromatic carbocycles. The zero-order valence-electron chi connectivity index (χ0n) is 39.1. The summed E-state index contributed by atoms with van der Waals surface area (Å²) in [5.74, 6) is 1.84. The van der Waals surface area contributed by atoms with Gasteiger partial charge in [-0.25, -0.2) is 23.0 Å². The minimum absolute atomic E-state index is 0.0665. The van der Waals surface area contributed by atoms with Crippen molar-refractivity contribution in [2.45, 2.75) is 120 Å². The highest BCUT2D eigenvalue weighted by Crippen LogP contribution is 2.34. The normalized spacial score (nSPS) is 19.7. The van der Waals surface area contributed by atoms with E-state index in [1.165, 1.54) is 17.1 Å². The van der Waals surface area contributed by atoms with E-state index in [9.17, 15) is 18.0 Å². The van der Waals surface area contributed by atoms with Crippen LogP contribution in [0.5, 0.6) is 0 Å². The van der Waals surface area contributed by atoms with Crippen LogP contribution in [-0.2, 0) is 55.4 Å². The number of H-pyrrole nitrogens is 1. The zero-order chi connectivity index (χ0) is 48.1. The average Bonchev–Trinajstić information content (AvgIpc) is 4.21. The number of rotatable bonds is 14. The second-order valence-electron chi connectivity index (χ2n) is 17.9. The number of aromatic nitrogens is 6. The third kappa shape index (κ3) is 12.7. The summed E-state index contributed by atoms with van der Waals surface area (Å²) in [6.07, 6.45) is 7.87. The van der Waals surface area contributed by atoms with Crippen molar-refractivity contribution in [2.75, 3.05) is 39.3 Å². The van der Waals surface area contributed by atoms with Crippen molar-refractivity contribution in [1.29, 1.82) is 0 Å². The quantitative estimate of drug-likeness (QED) is 0.108. The lowest BCUT2D eigenvalue weighted by atomic mass is 10.0. The molecular formula is C49H60N10O10S. The van der Waals surface area contributed by atoms with Gasteiger partial charge in [0, 0.05) is 32.7 Å². The van der Waals surface area contributed by atoms with Gasteiger partial charge in [-0.2, -0.15) is 14.3 Å². The number of imidazole rings is 1. The van der Waals surface area contributed by atoms with E-state index in [4.69, 9.17) is 28.0 Å². The number of benzene rings is 3. The summed E-state index contributed by atoms with van der Waals surface area (Å²) in [7, 11) is -3.90. The molecule has 2 atom stereocenters. The molecule has 7 heterocycles. The molecule has 0 spiro atoms. The van der Waals surface area contributed by atoms with Crippen LogP contribution in [-0.4, -0.2) is 116 Å². The molecule has 6 aromatic rings. The molecule has 4 saturated heterocycles. The van der Waals surface area contributed by atoms with Crippen molar-refractivity contribution in [3.63, 3.8) is 0 Å². The number of likely N-dealkylation sites (tertiary alicyclic amines) is 2. The van der Waals surface area contributed by atoms with E-state index in [1.54, 1.807) is 21.9 Å². The average molecular weight is 981 g/mol. The van der Waals surface area contributed by atoms with Crippen LogP contribution in [0.15, 0.2) is 99.1 Å². The van der Waals surface area contributed by atoms with Gasteiger partial charge in [0.1, 0.15) is 26.4 Å². The van der Waals surface area contributed by atoms with Crippen molar-refractivity contribution in [3.8, 4) is 0 Å². The molecule has 2 N–H and O–H groups in total. The molecule has 0 bridgehead atoms. The Morgan fingerprint density at radius 3 is 1.71 bits per heavy atom. The van der Waals surface area contributed by atoms with Crippen LogP contribution in [0.1, 0.15) is 111 Å². The number of hydrogen-bond donors (Lipinski definition) is 2. The summed E-state index contributed by atoms with van der Waals surface area (Å²) in [5, 5.41) is 11.5. The fourth-order valence-electron chi connectivity index (χ4n) is 9.03. The molecular weight excluding hydrogens is 921 g/mol. The molecule has 70 heavy (non-hydrogen) atoms. The monoisotopic (exact) mass is 980 g/mol. The number of carbonyl (C=O) groups is 2. The van der Waals surface area contributed by atoms with Crippen LogP contribution in [0.25, 0.3) is 11.0 Å². The van der Waals surface area contributed by atoms with Crippen LogP contribution in [0, 0.1) is 0 Å². The van der Waals surface area contributed by atoms with Gasteiger partial charge in [-0.05, 0) is 81.2 Å². The Hall–Kier alpha value is -6.26. The SMILES string of the molecule is O=C(OCc1ccccc1)N1CCC(OCc2nc([C@@H]3CCCCN3)no2)CC1.O=C(OCc1ccccc1)N1CCC(OCc2nc([C@@H]3CCCCN3S(=O)(=O)c3nc4ccccc4[nH]3)no2)CC1. The second kappa shape index (κ2) is 23.6. The van der Waals surface area contributed by atoms with E-state index in [0.717, 1.165) is 55.6 Å². The van der Waals surface area contributed by atoms with Gasteiger partial charge < -0.3 is 48.1 Å². The molecule has 20 nitrogen and oxygen atoms in total. The number of carbonyl (C=O) groups excluding carboxylic acids is 2. The maximum Gasteiger partial charge on any atom is 0.410 e. The Labute approximate surface area is 406 Å². The van der Waals surface area contributed by atoms with Crippen LogP contribution in [0.3, 0.4) is 0 Å². The fourth-order valence-corrected chi connectivity index (χ4v) is 10.6. The van der Waals surface area contributed by atoms with Crippen molar-refractivity contribution in [2.24, 2.45) is 0 Å². The van der Waals surface area contributed by atoms with Crippen LogP contribution in [0.4, 0.5) is 9.59 Å². The first-order chi connectivity index (χ1) is 34.2. The van der Waals surface area contributed by atoms with Crippen molar-refractivity contribution >= 4 is 33.2 Å². The standard InChI is InChI=1S/C28H32N6O6S.C21H28N4O4/c35-28(39-18-20-8-2-1-3-9-20)33-16-13-21(14-17-33)38-19-25-31-26(32-40-25)24-12-6-7-15-34(24)41(36,37)27-29-22-10-4-5-11-23(22)30-27;26-21(28-14-16-6-2-1-3-7-16)25-12-9-17(10-13-25)27-15-19-23-20(24-29-19)18-8-4-5-11-22-18/h1-5,8-11,21,24H,6-7,12-19H2,(H,29,30);1-3,6-7,17-18,22H,4-5,8-15H2/t24-;18-/m00/s1. The number of fused-ring (bicyclic) bond motifs is 1. The van der Waals surface area contributed by atoms with Gasteiger partial charge in [-0.3, -0.25) is 0 Å². The number of sulfonamides is 1. The third-order valence-electron chi connectivity index (χ3n) is 13.0. The smallest absolute Gasteiger partial charge is 0.410 e. The van der Waals surface area contributed by atoms with Crippen LogP contribution in [0.2, 0.25) is 0 Å². The Balaban J connectivity index is 0.000000185. The Kier molecular flexibility index (Phi) is 16.4. The van der Waals surface area contributed by atoms with E-state index in [2.05, 4.69) is 35.6 Å². The van der Waals surface area contributed by atoms with E-state index < -0.39 is 16.1 Å². The van der Waals surface area contributed by atoms with Gasteiger partial charge in [0.25, 0.3) is 21.8 Å². The lowest BCUT2D eigenvalue weighted by Crippen LogP contribution is -2.41. The lowest BCUT2D eigenvalue weighted by molar-refractivity contribution is -0.0132. The fraction of sp³-hybridized carbons (Fsp3) is 0.490. The molecule has 0 aliphatic carbocycles. The highest BCUT2D eigenvalue weighted by molar-refractivity contribution is 7.89. The van der Waals surface area contributed by atoms with E-state index in [-0.39, 0.29) is 54.7 Å². The number of nitrogens with one attached hydrogen (secondary N) is 2.